The van der Waals surface area contributed by atoms with E-state index in [4.69, 9.17) is 9.51 Å². The van der Waals surface area contributed by atoms with Gasteiger partial charge in [-0.05, 0) is 18.9 Å². The van der Waals surface area contributed by atoms with Gasteiger partial charge < -0.3 is 4.52 Å². The van der Waals surface area contributed by atoms with Gasteiger partial charge in [0.05, 0.1) is 11.4 Å². The normalized spacial score (nSPS) is 16.0. The fourth-order valence-electron chi connectivity index (χ4n) is 2.58. The number of fused-ring (bicyclic) bond motifs is 1. The zero-order chi connectivity index (χ0) is 15.0. The second-order valence-corrected chi connectivity index (χ2v) is 6.81. The molecule has 2 aromatic rings. The van der Waals surface area contributed by atoms with Crippen LogP contribution in [0.2, 0.25) is 0 Å². The van der Waals surface area contributed by atoms with Gasteiger partial charge in [-0.25, -0.2) is 9.97 Å². The minimum absolute atomic E-state index is 0.0134. The van der Waals surface area contributed by atoms with Gasteiger partial charge in [-0.1, -0.05) is 25.9 Å². The number of hydrogen-bond acceptors (Lipinski definition) is 5. The van der Waals surface area contributed by atoms with Crippen molar-refractivity contribution >= 4 is 0 Å². The molecular weight excluding hydrogens is 264 g/mol. The Morgan fingerprint density at radius 3 is 2.81 bits per heavy atom. The summed E-state index contributed by atoms with van der Waals surface area (Å²) in [5.41, 5.74) is 3.40. The third kappa shape index (κ3) is 3.13. The first-order valence-electron chi connectivity index (χ1n) is 7.41. The monoisotopic (exact) mass is 286 g/mol. The van der Waals surface area contributed by atoms with E-state index in [0.717, 1.165) is 49.0 Å². The molecule has 0 radical (unpaired) electrons. The highest BCUT2D eigenvalue weighted by atomic mass is 16.5. The maximum atomic E-state index is 5.14. The van der Waals surface area contributed by atoms with Gasteiger partial charge in [-0.3, -0.25) is 4.90 Å². The smallest absolute Gasteiger partial charge is 0.133 e. The Kier molecular flexibility index (Phi) is 3.53. The zero-order valence-corrected chi connectivity index (χ0v) is 13.2. The van der Waals surface area contributed by atoms with Crippen LogP contribution in [0.25, 0.3) is 0 Å². The molecule has 1 aliphatic heterocycles. The molecule has 0 unspecified atom stereocenters. The maximum absolute atomic E-state index is 5.14. The van der Waals surface area contributed by atoms with E-state index in [9.17, 15) is 0 Å². The van der Waals surface area contributed by atoms with Gasteiger partial charge in [-0.2, -0.15) is 0 Å². The largest absolute Gasteiger partial charge is 0.361 e. The van der Waals surface area contributed by atoms with Crippen molar-refractivity contribution in [3.05, 3.63) is 40.8 Å². The average Bonchev–Trinajstić information content (AvgIpc) is 2.82. The Morgan fingerprint density at radius 1 is 1.33 bits per heavy atom. The topological polar surface area (TPSA) is 55.1 Å². The fraction of sp³-hybridized carbons (Fsp3) is 0.562. The van der Waals surface area contributed by atoms with Crippen molar-refractivity contribution in [2.24, 2.45) is 0 Å². The lowest BCUT2D eigenvalue weighted by molar-refractivity contribution is 0.232. The zero-order valence-electron chi connectivity index (χ0n) is 13.2. The molecule has 5 nitrogen and oxygen atoms in total. The number of aromatic nitrogens is 3. The number of rotatable bonds is 2. The van der Waals surface area contributed by atoms with E-state index >= 15 is 0 Å². The lowest BCUT2D eigenvalue weighted by Gasteiger charge is -2.28. The van der Waals surface area contributed by atoms with Crippen LogP contribution in [-0.4, -0.2) is 26.6 Å². The van der Waals surface area contributed by atoms with Gasteiger partial charge in [0.1, 0.15) is 11.6 Å². The van der Waals surface area contributed by atoms with E-state index in [-0.39, 0.29) is 5.41 Å². The summed E-state index contributed by atoms with van der Waals surface area (Å²) in [6.07, 6.45) is 3.00. The lowest BCUT2D eigenvalue weighted by atomic mass is 9.95. The molecule has 2 aromatic heterocycles. The van der Waals surface area contributed by atoms with Crippen LogP contribution in [-0.2, 0) is 24.9 Å². The van der Waals surface area contributed by atoms with E-state index in [0.29, 0.717) is 0 Å². The highest BCUT2D eigenvalue weighted by molar-refractivity contribution is 5.22. The van der Waals surface area contributed by atoms with Crippen molar-refractivity contribution in [1.29, 1.82) is 0 Å². The minimum Gasteiger partial charge on any atom is -0.361 e. The Morgan fingerprint density at radius 2 is 2.14 bits per heavy atom. The molecule has 112 valence electrons. The van der Waals surface area contributed by atoms with Gasteiger partial charge in [0.2, 0.25) is 0 Å². The second-order valence-electron chi connectivity index (χ2n) is 6.81. The van der Waals surface area contributed by atoms with Crippen LogP contribution in [0.3, 0.4) is 0 Å². The summed E-state index contributed by atoms with van der Waals surface area (Å²) in [7, 11) is 0. The third-order valence-corrected chi connectivity index (χ3v) is 3.76. The number of nitrogens with zero attached hydrogens (tertiary/aromatic N) is 4. The average molecular weight is 286 g/mol. The Balaban J connectivity index is 1.77. The molecule has 3 heterocycles. The molecule has 0 atom stereocenters. The molecule has 0 saturated carbocycles. The van der Waals surface area contributed by atoms with Crippen LogP contribution in [0.15, 0.2) is 16.8 Å². The summed E-state index contributed by atoms with van der Waals surface area (Å²) < 4.78 is 5.14. The fourth-order valence-corrected chi connectivity index (χ4v) is 2.58. The van der Waals surface area contributed by atoms with Crippen molar-refractivity contribution < 1.29 is 4.52 Å². The Hall–Kier alpha value is -1.75. The van der Waals surface area contributed by atoms with Crippen LogP contribution in [0.4, 0.5) is 0 Å². The van der Waals surface area contributed by atoms with Gasteiger partial charge >= 0.3 is 0 Å². The predicted molar refractivity (Wildman–Crippen MR) is 79.8 cm³/mol. The first-order valence-corrected chi connectivity index (χ1v) is 7.41. The molecule has 0 amide bonds. The summed E-state index contributed by atoms with van der Waals surface area (Å²) in [5.74, 6) is 1.78. The molecule has 0 aliphatic carbocycles. The van der Waals surface area contributed by atoms with E-state index in [1.54, 1.807) is 0 Å². The highest BCUT2D eigenvalue weighted by Crippen LogP contribution is 2.23. The molecule has 0 N–H and O–H groups in total. The van der Waals surface area contributed by atoms with Crippen molar-refractivity contribution in [3.8, 4) is 0 Å². The van der Waals surface area contributed by atoms with E-state index < -0.39 is 0 Å². The van der Waals surface area contributed by atoms with Gasteiger partial charge in [-0.15, -0.1) is 0 Å². The quantitative estimate of drug-likeness (QED) is 0.849. The van der Waals surface area contributed by atoms with Gasteiger partial charge in [0.25, 0.3) is 0 Å². The van der Waals surface area contributed by atoms with Crippen LogP contribution in [0.5, 0.6) is 0 Å². The van der Waals surface area contributed by atoms with Crippen LogP contribution < -0.4 is 0 Å². The standard InChI is InChI=1S/C16H22N4O/c1-11-7-13(19-21-11)9-20-6-5-12-8-17-15(16(2,3)4)18-14(12)10-20/h7-8H,5-6,9-10H2,1-4H3. The summed E-state index contributed by atoms with van der Waals surface area (Å²) in [4.78, 5) is 11.7. The van der Waals surface area contributed by atoms with Gasteiger partial charge in [0, 0.05) is 37.3 Å². The first-order chi connectivity index (χ1) is 9.91. The molecule has 21 heavy (non-hydrogen) atoms. The van der Waals surface area contributed by atoms with Crippen molar-refractivity contribution in [2.75, 3.05) is 6.54 Å². The minimum atomic E-state index is -0.0134. The van der Waals surface area contributed by atoms with Crippen LogP contribution in [0, 0.1) is 6.92 Å². The molecule has 1 aliphatic rings. The summed E-state index contributed by atoms with van der Waals surface area (Å²) in [6, 6.07) is 2.00. The van der Waals surface area contributed by atoms with Crippen molar-refractivity contribution in [3.63, 3.8) is 0 Å². The second kappa shape index (κ2) is 5.22. The Bertz CT molecular complexity index is 642. The van der Waals surface area contributed by atoms with Crippen molar-refractivity contribution in [1.82, 2.24) is 20.0 Å². The Labute approximate surface area is 125 Å². The molecule has 0 aromatic carbocycles. The summed E-state index contributed by atoms with van der Waals surface area (Å²) in [5, 5.41) is 4.07. The molecule has 5 heteroatoms. The molecule has 0 spiro atoms. The first kappa shape index (κ1) is 14.2. The van der Waals surface area contributed by atoms with Crippen molar-refractivity contribution in [2.45, 2.75) is 52.6 Å². The van der Waals surface area contributed by atoms with E-state index in [1.807, 2.05) is 19.2 Å². The molecule has 0 saturated heterocycles. The molecule has 0 fully saturated rings. The molecule has 0 bridgehead atoms. The molecule has 3 rings (SSSR count). The van der Waals surface area contributed by atoms with Gasteiger partial charge in [0.15, 0.2) is 0 Å². The SMILES string of the molecule is Cc1cc(CN2CCc3cnc(C(C)(C)C)nc3C2)no1. The summed E-state index contributed by atoms with van der Waals surface area (Å²) >= 11 is 0. The summed E-state index contributed by atoms with van der Waals surface area (Å²) in [6.45, 7) is 11.0. The predicted octanol–water partition coefficient (Wildman–Crippen LogP) is 2.63. The highest BCUT2D eigenvalue weighted by Gasteiger charge is 2.23. The van der Waals surface area contributed by atoms with Crippen LogP contribution >= 0.6 is 0 Å². The lowest BCUT2D eigenvalue weighted by Crippen LogP contribution is -2.32. The molecular formula is C16H22N4O. The number of hydrogen-bond donors (Lipinski definition) is 0. The third-order valence-electron chi connectivity index (χ3n) is 3.76. The van der Waals surface area contributed by atoms with Crippen LogP contribution in [0.1, 0.15) is 49.3 Å². The van der Waals surface area contributed by atoms with E-state index in [1.165, 1.54) is 5.56 Å². The maximum Gasteiger partial charge on any atom is 0.133 e. The number of aryl methyl sites for hydroxylation is 1. The van der Waals surface area contributed by atoms with E-state index in [2.05, 4.69) is 35.8 Å².